The van der Waals surface area contributed by atoms with Crippen LogP contribution in [0.1, 0.15) is 27.7 Å². The second-order valence-corrected chi connectivity index (χ2v) is 16.0. The molecule has 5 aliphatic rings. The summed E-state index contributed by atoms with van der Waals surface area (Å²) in [6.45, 7) is 6.71. The van der Waals surface area contributed by atoms with Crippen LogP contribution >= 0.6 is 23.5 Å². The maximum Gasteiger partial charge on any atom is 0.380 e. The SMILES string of the molecule is CC1=C2COc3ccc4ccccc4c3-c3c(ccc4ccccc34)OCC3=C(C)SC4=C5C(=C(S1)C2(C)C34C)C(F)(F)C(F)(F)C5(F)F. The van der Waals surface area contributed by atoms with Gasteiger partial charge in [0, 0.05) is 42.9 Å². The fourth-order valence-corrected chi connectivity index (χ4v) is 11.8. The third kappa shape index (κ3) is 3.54. The quantitative estimate of drug-likeness (QED) is 0.169. The summed E-state index contributed by atoms with van der Waals surface area (Å²) < 4.78 is 107. The molecule has 250 valence electrons. The number of ether oxygens (including phenoxy) is 2. The highest BCUT2D eigenvalue weighted by Crippen LogP contribution is 2.80. The number of hydrogen-bond donors (Lipinski definition) is 0. The summed E-state index contributed by atoms with van der Waals surface area (Å²) in [6.07, 6.45) is 0. The van der Waals surface area contributed by atoms with Gasteiger partial charge < -0.3 is 9.47 Å². The van der Waals surface area contributed by atoms with Crippen molar-refractivity contribution in [3.63, 3.8) is 0 Å². The smallest absolute Gasteiger partial charge is 0.380 e. The average Bonchev–Trinajstić information content (AvgIpc) is 3.52. The lowest BCUT2D eigenvalue weighted by molar-refractivity contribution is -0.258. The van der Waals surface area contributed by atoms with Crippen molar-refractivity contribution in [3.05, 3.63) is 115 Å². The van der Waals surface area contributed by atoms with Gasteiger partial charge in [0.05, 0.1) is 0 Å². The molecule has 1 saturated carbocycles. The highest BCUT2D eigenvalue weighted by molar-refractivity contribution is 8.07. The summed E-state index contributed by atoms with van der Waals surface area (Å²) in [5.74, 6) is -14.8. The van der Waals surface area contributed by atoms with Crippen molar-refractivity contribution in [2.45, 2.75) is 45.5 Å². The van der Waals surface area contributed by atoms with Crippen LogP contribution in [0.2, 0.25) is 0 Å². The second-order valence-electron chi connectivity index (χ2n) is 13.6. The van der Waals surface area contributed by atoms with Crippen LogP contribution in [0.25, 0.3) is 32.7 Å². The van der Waals surface area contributed by atoms with Gasteiger partial charge >= 0.3 is 17.8 Å². The van der Waals surface area contributed by atoms with Gasteiger partial charge in [-0.15, -0.1) is 0 Å². The third-order valence-corrected chi connectivity index (χ3v) is 14.1. The molecule has 4 aromatic rings. The minimum absolute atomic E-state index is 0.0774. The van der Waals surface area contributed by atoms with Crippen molar-refractivity contribution in [3.8, 4) is 22.6 Å². The van der Waals surface area contributed by atoms with Gasteiger partial charge in [0.25, 0.3) is 0 Å². The Morgan fingerprint density at radius 1 is 0.551 bits per heavy atom. The summed E-state index contributed by atoms with van der Waals surface area (Å²) >= 11 is 1.76. The van der Waals surface area contributed by atoms with E-state index in [-0.39, 0.29) is 23.0 Å². The second kappa shape index (κ2) is 9.72. The molecule has 9 rings (SSSR count). The standard InChI is InChI=1S/C39H28F6O2S2/c1-19-25-17-46-27-15-13-21-9-5-7-11-23(21)29(27)30-24-12-8-6-10-22(24)14-16-28(30)47-18-26-20(2)49-34-32-31(33(48-19)35(25,3)36(26,34)4)37(40,41)39(44,45)38(32,42)43/h5-16H,17-18H2,1-4H3. The maximum atomic E-state index is 15.9. The predicted octanol–water partition coefficient (Wildman–Crippen LogP) is 11.9. The molecule has 4 aromatic carbocycles. The zero-order chi connectivity index (χ0) is 34.5. The van der Waals surface area contributed by atoms with E-state index in [0.717, 1.165) is 56.2 Å². The molecule has 0 saturated heterocycles. The Bertz CT molecular complexity index is 2180. The third-order valence-electron chi connectivity index (χ3n) is 11.4. The molecule has 0 bridgehead atoms. The van der Waals surface area contributed by atoms with Crippen molar-refractivity contribution in [2.24, 2.45) is 10.8 Å². The number of allylic oxidation sites excluding steroid dienone is 6. The molecule has 3 aliphatic heterocycles. The topological polar surface area (TPSA) is 18.5 Å². The van der Waals surface area contributed by atoms with E-state index in [2.05, 4.69) is 0 Å². The van der Waals surface area contributed by atoms with E-state index in [1.165, 1.54) is 0 Å². The molecule has 0 amide bonds. The molecule has 2 aliphatic carbocycles. The number of benzene rings is 4. The van der Waals surface area contributed by atoms with Crippen LogP contribution in [-0.4, -0.2) is 31.0 Å². The van der Waals surface area contributed by atoms with Crippen LogP contribution in [0.3, 0.4) is 0 Å². The van der Waals surface area contributed by atoms with Gasteiger partial charge in [0.1, 0.15) is 24.7 Å². The lowest BCUT2D eigenvalue weighted by Crippen LogP contribution is -2.47. The Morgan fingerprint density at radius 3 is 1.35 bits per heavy atom. The molecular weight excluding hydrogens is 679 g/mol. The van der Waals surface area contributed by atoms with E-state index in [1.54, 1.807) is 27.7 Å². The Balaban J connectivity index is 1.36. The number of hydrogen-bond acceptors (Lipinski definition) is 4. The van der Waals surface area contributed by atoms with Crippen molar-refractivity contribution < 1.29 is 35.8 Å². The summed E-state index contributed by atoms with van der Waals surface area (Å²) in [5, 5.41) is 3.77. The number of rotatable bonds is 0. The molecule has 0 radical (unpaired) electrons. The molecule has 3 heterocycles. The van der Waals surface area contributed by atoms with Crippen LogP contribution in [0, 0.1) is 10.8 Å². The van der Waals surface area contributed by atoms with E-state index in [4.69, 9.17) is 9.47 Å². The first-order chi connectivity index (χ1) is 23.2. The van der Waals surface area contributed by atoms with Gasteiger partial charge in [-0.3, -0.25) is 0 Å². The van der Waals surface area contributed by atoms with E-state index in [1.807, 2.05) is 72.8 Å². The normalized spacial score (nSPS) is 27.7. The van der Waals surface area contributed by atoms with Crippen molar-refractivity contribution in [1.82, 2.24) is 0 Å². The Morgan fingerprint density at radius 2 is 0.939 bits per heavy atom. The monoisotopic (exact) mass is 706 g/mol. The summed E-state index contributed by atoms with van der Waals surface area (Å²) in [4.78, 5) is 0.755. The molecule has 2 unspecified atom stereocenters. The Hall–Kier alpha value is -3.76. The molecule has 1 fully saturated rings. The molecule has 49 heavy (non-hydrogen) atoms. The first-order valence-electron chi connectivity index (χ1n) is 15.9. The van der Waals surface area contributed by atoms with Crippen LogP contribution in [0.4, 0.5) is 26.3 Å². The van der Waals surface area contributed by atoms with Gasteiger partial charge in [-0.2, -0.15) is 26.3 Å². The van der Waals surface area contributed by atoms with Gasteiger partial charge in [-0.05, 0) is 82.3 Å². The highest BCUT2D eigenvalue weighted by Gasteiger charge is 2.85. The van der Waals surface area contributed by atoms with Crippen LogP contribution in [-0.2, 0) is 0 Å². The molecule has 0 aromatic heterocycles. The molecule has 10 heteroatoms. The Labute approximate surface area is 286 Å². The minimum atomic E-state index is -5.61. The molecule has 2 atom stereocenters. The molecule has 0 N–H and O–H groups in total. The van der Waals surface area contributed by atoms with Crippen LogP contribution in [0.5, 0.6) is 11.5 Å². The lowest BCUT2D eigenvalue weighted by atomic mass is 9.54. The minimum Gasteiger partial charge on any atom is -0.489 e. The first kappa shape index (κ1) is 31.2. The number of thioether (sulfide) groups is 2. The summed E-state index contributed by atoms with van der Waals surface area (Å²) in [5.41, 5.74) is -2.59. The number of fused-ring (bicyclic) bond motifs is 8. The van der Waals surface area contributed by atoms with Crippen LogP contribution in [0.15, 0.2) is 115 Å². The molecular formula is C39H28F6O2S2. The highest BCUT2D eigenvalue weighted by atomic mass is 32.2. The van der Waals surface area contributed by atoms with E-state index in [9.17, 15) is 0 Å². The first-order valence-corrected chi connectivity index (χ1v) is 17.5. The summed E-state index contributed by atoms with van der Waals surface area (Å²) in [6, 6.07) is 23.5. The van der Waals surface area contributed by atoms with E-state index < -0.39 is 39.7 Å². The van der Waals surface area contributed by atoms with Gasteiger partial charge in [0.2, 0.25) is 0 Å². The number of halogens is 6. The van der Waals surface area contributed by atoms with E-state index in [0.29, 0.717) is 32.5 Å². The molecule has 2 nitrogen and oxygen atoms in total. The zero-order valence-electron chi connectivity index (χ0n) is 26.7. The van der Waals surface area contributed by atoms with Gasteiger partial charge in [0.15, 0.2) is 0 Å². The van der Waals surface area contributed by atoms with Crippen molar-refractivity contribution in [2.75, 3.05) is 13.2 Å². The zero-order valence-corrected chi connectivity index (χ0v) is 28.4. The lowest BCUT2D eigenvalue weighted by Gasteiger charge is -2.50. The average molecular weight is 707 g/mol. The molecule has 0 spiro atoms. The van der Waals surface area contributed by atoms with Crippen molar-refractivity contribution >= 4 is 45.1 Å². The largest absolute Gasteiger partial charge is 0.489 e. The predicted molar refractivity (Wildman–Crippen MR) is 184 cm³/mol. The summed E-state index contributed by atoms with van der Waals surface area (Å²) in [7, 11) is 0. The van der Waals surface area contributed by atoms with E-state index >= 15 is 26.3 Å². The maximum absolute atomic E-state index is 15.9. The van der Waals surface area contributed by atoms with Gasteiger partial charge in [-0.25, -0.2) is 0 Å². The van der Waals surface area contributed by atoms with Crippen molar-refractivity contribution in [1.29, 1.82) is 0 Å². The van der Waals surface area contributed by atoms with Gasteiger partial charge in [-0.1, -0.05) is 84.2 Å². The fraction of sp³-hybridized carbons (Fsp3) is 0.282. The fourth-order valence-electron chi connectivity index (χ4n) is 8.66. The Kier molecular flexibility index (Phi) is 6.20. The number of alkyl halides is 6. The van der Waals surface area contributed by atoms with Crippen LogP contribution < -0.4 is 9.47 Å².